The quantitative estimate of drug-likeness (QED) is 0.735. The van der Waals surface area contributed by atoms with Crippen LogP contribution >= 0.6 is 15.9 Å². The average molecular weight is 369 g/mol. The molecule has 0 aliphatic heterocycles. The summed E-state index contributed by atoms with van der Waals surface area (Å²) in [4.78, 5) is 6.52. The topological polar surface area (TPSA) is 50.3 Å². The van der Waals surface area contributed by atoms with Crippen LogP contribution < -0.4 is 4.90 Å². The Balaban J connectivity index is 2.39. The molecule has 112 valence electrons. The molecule has 0 bridgehead atoms. The Morgan fingerprint density at radius 2 is 1.86 bits per heavy atom. The number of hydrogen-bond acceptors (Lipinski definition) is 4. The zero-order valence-electron chi connectivity index (χ0n) is 11.7. The van der Waals surface area contributed by atoms with Gasteiger partial charge in [-0.25, -0.2) is 13.4 Å². The largest absolute Gasteiger partial charge is 0.350 e. The fourth-order valence-corrected chi connectivity index (χ4v) is 3.34. The smallest absolute Gasteiger partial charge is 0.179 e. The summed E-state index contributed by atoms with van der Waals surface area (Å²) in [6.45, 7) is 1.29. The van der Waals surface area contributed by atoms with Gasteiger partial charge in [0.15, 0.2) is 9.84 Å². The van der Waals surface area contributed by atoms with Crippen molar-refractivity contribution in [3.05, 3.63) is 54.2 Å². The van der Waals surface area contributed by atoms with E-state index >= 15 is 0 Å². The van der Waals surface area contributed by atoms with Crippen molar-refractivity contribution in [2.24, 2.45) is 0 Å². The Bertz CT molecular complexity index is 690. The van der Waals surface area contributed by atoms with Gasteiger partial charge >= 0.3 is 0 Å². The van der Waals surface area contributed by atoms with E-state index in [4.69, 9.17) is 0 Å². The van der Waals surface area contributed by atoms with Crippen molar-refractivity contribution in [2.75, 3.05) is 23.0 Å². The number of sulfone groups is 1. The van der Waals surface area contributed by atoms with Crippen LogP contribution in [0.5, 0.6) is 0 Å². The molecular weight excluding hydrogens is 352 g/mol. The van der Waals surface area contributed by atoms with Crippen LogP contribution in [-0.4, -0.2) is 31.5 Å². The summed E-state index contributed by atoms with van der Waals surface area (Å²) >= 11 is 3.42. The van der Waals surface area contributed by atoms with Crippen LogP contribution in [-0.2, 0) is 16.4 Å². The molecule has 0 spiro atoms. The van der Waals surface area contributed by atoms with Gasteiger partial charge in [0.25, 0.3) is 0 Å². The van der Waals surface area contributed by atoms with Gasteiger partial charge in [0.1, 0.15) is 10.7 Å². The lowest BCUT2D eigenvalue weighted by atomic mass is 10.2. The van der Waals surface area contributed by atoms with E-state index < -0.39 is 9.84 Å². The molecule has 4 nitrogen and oxygen atoms in total. The number of halogens is 1. The molecule has 0 aliphatic rings. The maximum absolute atomic E-state index is 11.9. The summed E-state index contributed by atoms with van der Waals surface area (Å²) in [7, 11) is -3.31. The van der Waals surface area contributed by atoms with Gasteiger partial charge in [0.05, 0.1) is 0 Å². The SMILES string of the molecule is CS(=O)(=O)c1cccnc1N(CCBr)Cc1ccccc1. The van der Waals surface area contributed by atoms with E-state index in [9.17, 15) is 8.42 Å². The zero-order chi connectivity index (χ0) is 15.3. The van der Waals surface area contributed by atoms with Gasteiger partial charge in [-0.05, 0) is 17.7 Å². The molecular formula is C15H17BrN2O2S. The Hall–Kier alpha value is -1.40. The Morgan fingerprint density at radius 3 is 2.48 bits per heavy atom. The second kappa shape index (κ2) is 7.04. The third-order valence-corrected chi connectivity index (χ3v) is 4.49. The van der Waals surface area contributed by atoms with E-state index in [1.807, 2.05) is 35.2 Å². The molecule has 6 heteroatoms. The molecule has 0 aliphatic carbocycles. The molecule has 0 saturated carbocycles. The van der Waals surface area contributed by atoms with Crippen molar-refractivity contribution in [1.29, 1.82) is 0 Å². The van der Waals surface area contributed by atoms with E-state index in [-0.39, 0.29) is 4.90 Å². The second-order valence-corrected chi connectivity index (χ2v) is 7.47. The molecule has 0 fully saturated rings. The van der Waals surface area contributed by atoms with Gasteiger partial charge in [-0.15, -0.1) is 0 Å². The van der Waals surface area contributed by atoms with Crippen LogP contribution in [0.25, 0.3) is 0 Å². The summed E-state index contributed by atoms with van der Waals surface area (Å²) < 4.78 is 23.9. The summed E-state index contributed by atoms with van der Waals surface area (Å²) in [6.07, 6.45) is 2.83. The van der Waals surface area contributed by atoms with E-state index in [0.29, 0.717) is 18.9 Å². The predicted octanol–water partition coefficient (Wildman–Crippen LogP) is 2.89. The van der Waals surface area contributed by atoms with E-state index in [0.717, 1.165) is 10.9 Å². The molecule has 1 aromatic heterocycles. The number of aromatic nitrogens is 1. The highest BCUT2D eigenvalue weighted by Gasteiger charge is 2.19. The Morgan fingerprint density at radius 1 is 1.14 bits per heavy atom. The third-order valence-electron chi connectivity index (χ3n) is 3.02. The molecule has 0 amide bonds. The van der Waals surface area contributed by atoms with E-state index in [1.54, 1.807) is 18.3 Å². The zero-order valence-corrected chi connectivity index (χ0v) is 14.1. The van der Waals surface area contributed by atoms with Crippen LogP contribution in [0.2, 0.25) is 0 Å². The first-order chi connectivity index (χ1) is 10.0. The molecule has 2 aromatic rings. The second-order valence-electron chi connectivity index (χ2n) is 4.69. The Labute approximate surface area is 133 Å². The monoisotopic (exact) mass is 368 g/mol. The van der Waals surface area contributed by atoms with E-state index in [1.165, 1.54) is 6.26 Å². The van der Waals surface area contributed by atoms with Crippen LogP contribution in [0.4, 0.5) is 5.82 Å². The first kappa shape index (κ1) is 16.0. The highest BCUT2D eigenvalue weighted by atomic mass is 79.9. The maximum Gasteiger partial charge on any atom is 0.179 e. The van der Waals surface area contributed by atoms with Gasteiger partial charge in [0.2, 0.25) is 0 Å². The molecule has 0 atom stereocenters. The van der Waals surface area contributed by atoms with Gasteiger partial charge in [0, 0.05) is 30.9 Å². The highest BCUT2D eigenvalue weighted by Crippen LogP contribution is 2.24. The van der Waals surface area contributed by atoms with Crippen LogP contribution in [0.15, 0.2) is 53.6 Å². The fourth-order valence-electron chi connectivity index (χ4n) is 2.07. The number of pyridine rings is 1. The van der Waals surface area contributed by atoms with Crippen LogP contribution in [0.3, 0.4) is 0 Å². The van der Waals surface area contributed by atoms with Gasteiger partial charge in [-0.3, -0.25) is 0 Å². The number of benzene rings is 1. The lowest BCUT2D eigenvalue weighted by Crippen LogP contribution is -2.27. The molecule has 1 aromatic carbocycles. The third kappa shape index (κ3) is 4.28. The fraction of sp³-hybridized carbons (Fsp3) is 0.267. The number of rotatable bonds is 6. The van der Waals surface area contributed by atoms with E-state index in [2.05, 4.69) is 20.9 Å². The van der Waals surface area contributed by atoms with Crippen molar-refractivity contribution in [2.45, 2.75) is 11.4 Å². The Kier molecular flexibility index (Phi) is 5.36. The summed E-state index contributed by atoms with van der Waals surface area (Å²) in [6, 6.07) is 13.2. The summed E-state index contributed by atoms with van der Waals surface area (Å²) in [5.41, 5.74) is 1.11. The molecule has 21 heavy (non-hydrogen) atoms. The molecule has 0 saturated heterocycles. The van der Waals surface area contributed by atoms with Crippen molar-refractivity contribution in [3.8, 4) is 0 Å². The lowest BCUT2D eigenvalue weighted by molar-refractivity contribution is 0.600. The van der Waals surface area contributed by atoms with Crippen molar-refractivity contribution < 1.29 is 8.42 Å². The van der Waals surface area contributed by atoms with Gasteiger partial charge < -0.3 is 4.90 Å². The summed E-state index contributed by atoms with van der Waals surface area (Å²) in [5.74, 6) is 0.503. The maximum atomic E-state index is 11.9. The van der Waals surface area contributed by atoms with Crippen LogP contribution in [0.1, 0.15) is 5.56 Å². The summed E-state index contributed by atoms with van der Waals surface area (Å²) in [5, 5.41) is 0.736. The minimum absolute atomic E-state index is 0.266. The highest BCUT2D eigenvalue weighted by molar-refractivity contribution is 9.09. The predicted molar refractivity (Wildman–Crippen MR) is 88.6 cm³/mol. The number of anilines is 1. The normalized spacial score (nSPS) is 11.3. The molecule has 2 rings (SSSR count). The molecule has 1 heterocycles. The van der Waals surface area contributed by atoms with Gasteiger partial charge in [-0.1, -0.05) is 46.3 Å². The van der Waals surface area contributed by atoms with Crippen molar-refractivity contribution in [3.63, 3.8) is 0 Å². The lowest BCUT2D eigenvalue weighted by Gasteiger charge is -2.24. The number of hydrogen-bond donors (Lipinski definition) is 0. The van der Waals surface area contributed by atoms with Crippen LogP contribution in [0, 0.1) is 0 Å². The first-order valence-corrected chi connectivity index (χ1v) is 9.53. The molecule has 0 radical (unpaired) electrons. The standard InChI is InChI=1S/C15H17BrN2O2S/c1-21(19,20)14-8-5-10-17-15(14)18(11-9-16)12-13-6-3-2-4-7-13/h2-8,10H,9,11-12H2,1H3. The minimum Gasteiger partial charge on any atom is -0.350 e. The molecule has 0 unspecified atom stereocenters. The number of nitrogens with zero attached hydrogens (tertiary/aromatic N) is 2. The average Bonchev–Trinajstić information content (AvgIpc) is 2.47. The minimum atomic E-state index is -3.31. The molecule has 0 N–H and O–H groups in total. The van der Waals surface area contributed by atoms with Gasteiger partial charge in [-0.2, -0.15) is 0 Å². The van der Waals surface area contributed by atoms with Crippen molar-refractivity contribution in [1.82, 2.24) is 4.98 Å². The number of alkyl halides is 1. The first-order valence-electron chi connectivity index (χ1n) is 6.52. The van der Waals surface area contributed by atoms with Crippen molar-refractivity contribution >= 4 is 31.6 Å².